The van der Waals surface area contributed by atoms with E-state index in [0.29, 0.717) is 12.1 Å². The number of carboxylic acids is 1. The molecule has 0 radical (unpaired) electrons. The zero-order chi connectivity index (χ0) is 15.6. The largest absolute Gasteiger partial charge is 0.478 e. The van der Waals surface area contributed by atoms with Crippen LogP contribution >= 0.6 is 0 Å². The molecule has 2 rings (SSSR count). The van der Waals surface area contributed by atoms with Gasteiger partial charge < -0.3 is 5.11 Å². The Kier molecular flexibility index (Phi) is 4.21. The summed E-state index contributed by atoms with van der Waals surface area (Å²) < 4.78 is 15.5. The molecule has 5 heteroatoms. The van der Waals surface area contributed by atoms with Gasteiger partial charge in [0, 0.05) is 11.8 Å². The number of aryl methyl sites for hydroxylation is 1. The maximum atomic E-state index is 13.6. The molecular formula is C16H17FN2O2. The maximum absolute atomic E-state index is 13.6. The molecule has 110 valence electrons. The minimum absolute atomic E-state index is 0.393. The second-order valence-corrected chi connectivity index (χ2v) is 5.02. The van der Waals surface area contributed by atoms with Gasteiger partial charge in [0.05, 0.1) is 12.2 Å². The Morgan fingerprint density at radius 2 is 2.05 bits per heavy atom. The van der Waals surface area contributed by atoms with Gasteiger partial charge in [-0.05, 0) is 61.7 Å². The molecule has 1 aromatic heterocycles. The Balaban J connectivity index is 2.31. The third-order valence-corrected chi connectivity index (χ3v) is 3.47. The summed E-state index contributed by atoms with van der Waals surface area (Å²) in [6, 6.07) is 4.49. The van der Waals surface area contributed by atoms with Crippen molar-refractivity contribution in [3.63, 3.8) is 0 Å². The van der Waals surface area contributed by atoms with E-state index in [4.69, 9.17) is 5.11 Å². The van der Waals surface area contributed by atoms with Crippen LogP contribution in [0.1, 0.15) is 28.1 Å². The van der Waals surface area contributed by atoms with Crippen LogP contribution in [0.15, 0.2) is 24.3 Å². The number of benzene rings is 1. The molecule has 0 atom stereocenters. The molecule has 0 amide bonds. The molecule has 0 fully saturated rings. The van der Waals surface area contributed by atoms with Gasteiger partial charge in [-0.2, -0.15) is 5.10 Å². The molecule has 1 heterocycles. The van der Waals surface area contributed by atoms with Crippen LogP contribution in [-0.2, 0) is 11.3 Å². The minimum Gasteiger partial charge on any atom is -0.478 e. The van der Waals surface area contributed by atoms with Crippen molar-refractivity contribution in [2.75, 3.05) is 0 Å². The van der Waals surface area contributed by atoms with Crippen molar-refractivity contribution < 1.29 is 14.3 Å². The molecule has 0 aliphatic heterocycles. The summed E-state index contributed by atoms with van der Waals surface area (Å²) in [6.07, 6.45) is 2.37. The first-order valence-corrected chi connectivity index (χ1v) is 6.58. The Labute approximate surface area is 122 Å². The molecule has 0 bridgehead atoms. The molecule has 0 unspecified atom stereocenters. The number of hydrogen-bond acceptors (Lipinski definition) is 2. The van der Waals surface area contributed by atoms with Gasteiger partial charge in [-0.25, -0.2) is 9.18 Å². The summed E-state index contributed by atoms with van der Waals surface area (Å²) in [7, 11) is 0. The van der Waals surface area contributed by atoms with Gasteiger partial charge in [-0.15, -0.1) is 0 Å². The van der Waals surface area contributed by atoms with Crippen LogP contribution in [0.5, 0.6) is 0 Å². The van der Waals surface area contributed by atoms with Crippen LogP contribution in [0, 0.1) is 26.6 Å². The van der Waals surface area contributed by atoms with Crippen LogP contribution in [0.3, 0.4) is 0 Å². The molecule has 0 saturated carbocycles. The number of carboxylic acid groups (broad SMARTS) is 1. The first-order chi connectivity index (χ1) is 9.86. The molecule has 21 heavy (non-hydrogen) atoms. The number of rotatable bonds is 4. The van der Waals surface area contributed by atoms with Crippen LogP contribution in [0.4, 0.5) is 4.39 Å². The summed E-state index contributed by atoms with van der Waals surface area (Å²) in [5.41, 5.74) is 4.38. The van der Waals surface area contributed by atoms with Crippen LogP contribution in [0.2, 0.25) is 0 Å². The van der Waals surface area contributed by atoms with E-state index in [1.807, 2.05) is 25.5 Å². The van der Waals surface area contributed by atoms with E-state index in [0.717, 1.165) is 28.6 Å². The summed E-state index contributed by atoms with van der Waals surface area (Å²) in [4.78, 5) is 10.5. The SMILES string of the molecule is Cc1nn(Cc2cc(F)cc(C=CC(=O)O)c2)c(C)c1C. The highest BCUT2D eigenvalue weighted by Gasteiger charge is 2.08. The fourth-order valence-electron chi connectivity index (χ4n) is 2.14. The summed E-state index contributed by atoms with van der Waals surface area (Å²) in [5, 5.41) is 13.0. The van der Waals surface area contributed by atoms with Crippen molar-refractivity contribution >= 4 is 12.0 Å². The zero-order valence-corrected chi connectivity index (χ0v) is 12.2. The maximum Gasteiger partial charge on any atom is 0.328 e. The molecule has 2 aromatic rings. The monoisotopic (exact) mass is 288 g/mol. The predicted octanol–water partition coefficient (Wildman–Crippen LogP) is 3.09. The number of nitrogens with zero attached hydrogens (tertiary/aromatic N) is 2. The topological polar surface area (TPSA) is 55.1 Å². The first-order valence-electron chi connectivity index (χ1n) is 6.58. The molecule has 1 N–H and O–H groups in total. The van der Waals surface area contributed by atoms with E-state index < -0.39 is 11.8 Å². The second kappa shape index (κ2) is 5.91. The highest BCUT2D eigenvalue weighted by atomic mass is 19.1. The van der Waals surface area contributed by atoms with E-state index in [9.17, 15) is 9.18 Å². The third kappa shape index (κ3) is 3.56. The van der Waals surface area contributed by atoms with Gasteiger partial charge in [0.15, 0.2) is 0 Å². The number of aliphatic carboxylic acids is 1. The van der Waals surface area contributed by atoms with Gasteiger partial charge in [0.25, 0.3) is 0 Å². The van der Waals surface area contributed by atoms with Crippen LogP contribution < -0.4 is 0 Å². The normalized spacial score (nSPS) is 11.2. The number of halogens is 1. The Hall–Kier alpha value is -2.43. The van der Waals surface area contributed by atoms with Crippen molar-refractivity contribution in [1.82, 2.24) is 9.78 Å². The molecular weight excluding hydrogens is 271 g/mol. The molecule has 0 saturated heterocycles. The minimum atomic E-state index is -1.06. The summed E-state index contributed by atoms with van der Waals surface area (Å²) in [5.74, 6) is -1.45. The average molecular weight is 288 g/mol. The van der Waals surface area contributed by atoms with Crippen molar-refractivity contribution in [2.24, 2.45) is 0 Å². The van der Waals surface area contributed by atoms with Gasteiger partial charge >= 0.3 is 5.97 Å². The first kappa shape index (κ1) is 15.0. The number of aromatic nitrogens is 2. The second-order valence-electron chi connectivity index (χ2n) is 5.02. The lowest BCUT2D eigenvalue weighted by Gasteiger charge is -2.06. The van der Waals surface area contributed by atoms with E-state index >= 15 is 0 Å². The van der Waals surface area contributed by atoms with Gasteiger partial charge in [-0.1, -0.05) is 0 Å². The third-order valence-electron chi connectivity index (χ3n) is 3.47. The highest BCUT2D eigenvalue weighted by molar-refractivity contribution is 5.85. The number of carbonyl (C=O) groups is 1. The zero-order valence-electron chi connectivity index (χ0n) is 12.2. The molecule has 1 aromatic carbocycles. The highest BCUT2D eigenvalue weighted by Crippen LogP contribution is 2.16. The molecule has 4 nitrogen and oxygen atoms in total. The van der Waals surface area contributed by atoms with E-state index in [1.54, 1.807) is 6.07 Å². The van der Waals surface area contributed by atoms with E-state index in [1.165, 1.54) is 18.2 Å². The standard InChI is InChI=1S/C16H17FN2O2/c1-10-11(2)18-19(12(10)3)9-14-6-13(4-5-16(20)21)7-15(17)8-14/h4-8H,9H2,1-3H3,(H,20,21). The predicted molar refractivity (Wildman–Crippen MR) is 78.6 cm³/mol. The molecule has 0 spiro atoms. The van der Waals surface area contributed by atoms with Crippen molar-refractivity contribution in [2.45, 2.75) is 27.3 Å². The van der Waals surface area contributed by atoms with Crippen molar-refractivity contribution in [1.29, 1.82) is 0 Å². The quantitative estimate of drug-likeness (QED) is 0.880. The Morgan fingerprint density at radius 3 is 2.62 bits per heavy atom. The molecule has 0 aliphatic carbocycles. The summed E-state index contributed by atoms with van der Waals surface area (Å²) >= 11 is 0. The Bertz CT molecular complexity index is 717. The Morgan fingerprint density at radius 1 is 1.33 bits per heavy atom. The smallest absolute Gasteiger partial charge is 0.328 e. The fourth-order valence-corrected chi connectivity index (χ4v) is 2.14. The van der Waals surface area contributed by atoms with Crippen LogP contribution in [-0.4, -0.2) is 20.9 Å². The van der Waals surface area contributed by atoms with E-state index in [-0.39, 0.29) is 0 Å². The average Bonchev–Trinajstić information content (AvgIpc) is 2.63. The lowest BCUT2D eigenvalue weighted by molar-refractivity contribution is -0.131. The fraction of sp³-hybridized carbons (Fsp3) is 0.250. The van der Waals surface area contributed by atoms with Gasteiger partial charge in [0.1, 0.15) is 5.82 Å². The van der Waals surface area contributed by atoms with Gasteiger partial charge in [0.2, 0.25) is 0 Å². The number of hydrogen-bond donors (Lipinski definition) is 1. The van der Waals surface area contributed by atoms with Crippen molar-refractivity contribution in [3.05, 3.63) is 58.2 Å². The van der Waals surface area contributed by atoms with Crippen LogP contribution in [0.25, 0.3) is 6.08 Å². The summed E-state index contributed by atoms with van der Waals surface area (Å²) in [6.45, 7) is 6.36. The van der Waals surface area contributed by atoms with Crippen molar-refractivity contribution in [3.8, 4) is 0 Å². The van der Waals surface area contributed by atoms with Gasteiger partial charge in [-0.3, -0.25) is 4.68 Å². The lowest BCUT2D eigenvalue weighted by atomic mass is 10.1. The molecule has 0 aliphatic rings. The lowest BCUT2D eigenvalue weighted by Crippen LogP contribution is -2.04. The van der Waals surface area contributed by atoms with E-state index in [2.05, 4.69) is 5.10 Å².